The van der Waals surface area contributed by atoms with Crippen LogP contribution in [0, 0.1) is 13.8 Å². The highest BCUT2D eigenvalue weighted by molar-refractivity contribution is 7.91. The van der Waals surface area contributed by atoms with Crippen LogP contribution in [0.25, 0.3) is 0 Å². The molecule has 0 aliphatic heterocycles. The molecule has 5 nitrogen and oxygen atoms in total. The Morgan fingerprint density at radius 2 is 1.83 bits per heavy atom. The predicted octanol–water partition coefficient (Wildman–Crippen LogP) is 2.87. The van der Waals surface area contributed by atoms with Gasteiger partial charge in [-0.15, -0.1) is 0 Å². The number of aromatic nitrogens is 2. The summed E-state index contributed by atoms with van der Waals surface area (Å²) in [6.07, 6.45) is 0.876. The number of anilines is 1. The number of hydrogen-bond donors (Lipinski definition) is 1. The zero-order valence-corrected chi connectivity index (χ0v) is 15.2. The van der Waals surface area contributed by atoms with Crippen molar-refractivity contribution in [3.63, 3.8) is 0 Å². The molecule has 1 heterocycles. The molecule has 0 spiro atoms. The Balaban J connectivity index is 2.07. The van der Waals surface area contributed by atoms with Crippen LogP contribution >= 0.6 is 0 Å². The summed E-state index contributed by atoms with van der Waals surface area (Å²) in [5.74, 6) is 0.121. The van der Waals surface area contributed by atoms with E-state index in [1.165, 1.54) is 11.3 Å². The van der Waals surface area contributed by atoms with Crippen molar-refractivity contribution in [3.8, 4) is 0 Å². The van der Waals surface area contributed by atoms with Crippen LogP contribution in [0.1, 0.15) is 30.8 Å². The third-order valence-corrected chi connectivity index (χ3v) is 5.93. The highest BCUT2D eigenvalue weighted by Gasteiger charge is 2.14. The normalized spacial score (nSPS) is 13.1. The monoisotopic (exact) mass is 335 g/mol. The third kappa shape index (κ3) is 3.93. The first-order chi connectivity index (χ1) is 10.7. The molecule has 23 heavy (non-hydrogen) atoms. The molecular weight excluding hydrogens is 310 g/mol. The fourth-order valence-corrected chi connectivity index (χ4v) is 3.56. The Kier molecular flexibility index (Phi) is 5.14. The zero-order valence-electron chi connectivity index (χ0n) is 14.4. The summed E-state index contributed by atoms with van der Waals surface area (Å²) in [6, 6.07) is 7.19. The van der Waals surface area contributed by atoms with Gasteiger partial charge in [0, 0.05) is 24.5 Å². The summed E-state index contributed by atoms with van der Waals surface area (Å²) in [7, 11) is -1.18. The van der Waals surface area contributed by atoms with Gasteiger partial charge in [-0.25, -0.2) is 8.42 Å². The molecule has 0 saturated heterocycles. The minimum Gasteiger partial charge on any atom is -0.382 e. The lowest BCUT2D eigenvalue weighted by Crippen LogP contribution is -2.19. The topological polar surface area (TPSA) is 64.0 Å². The first-order valence-electron chi connectivity index (χ1n) is 7.83. The van der Waals surface area contributed by atoms with Gasteiger partial charge in [0.05, 0.1) is 16.3 Å². The second kappa shape index (κ2) is 6.74. The van der Waals surface area contributed by atoms with E-state index in [0.29, 0.717) is 4.90 Å². The van der Waals surface area contributed by atoms with Crippen molar-refractivity contribution < 1.29 is 8.42 Å². The molecule has 1 aromatic heterocycles. The molecule has 6 heteroatoms. The molecule has 126 valence electrons. The van der Waals surface area contributed by atoms with Crippen LogP contribution in [0.3, 0.4) is 0 Å². The van der Waals surface area contributed by atoms with E-state index in [0.717, 1.165) is 17.8 Å². The molecule has 2 rings (SSSR count). The van der Waals surface area contributed by atoms with Gasteiger partial charge in [-0.2, -0.15) is 5.10 Å². The molecular formula is C17H25N3O2S. The molecule has 1 aromatic carbocycles. The first-order valence-corrected chi connectivity index (χ1v) is 9.48. The lowest BCUT2D eigenvalue weighted by molar-refractivity contribution is 0.597. The number of nitrogens with zero attached hydrogens (tertiary/aromatic N) is 2. The first kappa shape index (κ1) is 17.5. The highest BCUT2D eigenvalue weighted by Crippen LogP contribution is 2.19. The second-order valence-corrected chi connectivity index (χ2v) is 8.23. The van der Waals surface area contributed by atoms with E-state index in [9.17, 15) is 8.42 Å². The van der Waals surface area contributed by atoms with Gasteiger partial charge in [-0.05, 0) is 57.0 Å². The summed E-state index contributed by atoms with van der Waals surface area (Å²) in [5, 5.41) is 7.86. The van der Waals surface area contributed by atoms with Crippen LogP contribution in [0.4, 0.5) is 5.69 Å². The average Bonchev–Trinajstić information content (AvgIpc) is 2.74. The van der Waals surface area contributed by atoms with Gasteiger partial charge in [0.1, 0.15) is 0 Å². The summed E-state index contributed by atoms with van der Waals surface area (Å²) < 4.78 is 25.6. The Bertz CT molecular complexity index is 777. The molecule has 0 bridgehead atoms. The van der Waals surface area contributed by atoms with Gasteiger partial charge in [0.15, 0.2) is 9.84 Å². The molecule has 0 aliphatic rings. The van der Waals surface area contributed by atoms with Crippen LogP contribution in [0.2, 0.25) is 0 Å². The maximum absolute atomic E-state index is 11.8. The van der Waals surface area contributed by atoms with Gasteiger partial charge in [0.25, 0.3) is 0 Å². The largest absolute Gasteiger partial charge is 0.382 e. The van der Waals surface area contributed by atoms with E-state index in [1.807, 2.05) is 30.8 Å². The Labute approximate surface area is 138 Å². The maximum Gasteiger partial charge on any atom is 0.178 e. The van der Waals surface area contributed by atoms with Crippen molar-refractivity contribution in [2.24, 2.45) is 7.05 Å². The van der Waals surface area contributed by atoms with E-state index in [1.54, 1.807) is 19.1 Å². The summed E-state index contributed by atoms with van der Waals surface area (Å²) in [6.45, 7) is 7.87. The van der Waals surface area contributed by atoms with Gasteiger partial charge in [-0.1, -0.05) is 6.92 Å². The minimum atomic E-state index is -3.14. The average molecular weight is 335 g/mol. The minimum absolute atomic E-state index is 0.121. The number of hydrogen-bond acceptors (Lipinski definition) is 4. The van der Waals surface area contributed by atoms with E-state index in [-0.39, 0.29) is 11.8 Å². The van der Waals surface area contributed by atoms with Crippen molar-refractivity contribution in [2.45, 2.75) is 45.1 Å². The number of nitrogens with one attached hydrogen (secondary N) is 1. The standard InChI is InChI=1S/C17H25N3O2S/c1-6-23(21,22)16-9-7-15(8-10-16)18-12(2)11-17-13(3)19-20(5)14(17)4/h7-10,12,18H,6,11H2,1-5H3/t12-/m1/s1. The van der Waals surface area contributed by atoms with Crippen molar-refractivity contribution in [1.29, 1.82) is 0 Å². The number of aryl methyl sites for hydroxylation is 2. The number of sulfone groups is 1. The second-order valence-electron chi connectivity index (χ2n) is 5.95. The fraction of sp³-hybridized carbons (Fsp3) is 0.471. The molecule has 0 amide bonds. The van der Waals surface area contributed by atoms with E-state index >= 15 is 0 Å². The lowest BCUT2D eigenvalue weighted by atomic mass is 10.1. The van der Waals surface area contributed by atoms with Crippen LogP contribution in [-0.4, -0.2) is 30.0 Å². The Morgan fingerprint density at radius 3 is 2.30 bits per heavy atom. The predicted molar refractivity (Wildman–Crippen MR) is 93.6 cm³/mol. The van der Waals surface area contributed by atoms with E-state index < -0.39 is 9.84 Å². The van der Waals surface area contributed by atoms with Crippen LogP contribution in [0.5, 0.6) is 0 Å². The lowest BCUT2D eigenvalue weighted by Gasteiger charge is -2.16. The molecule has 1 N–H and O–H groups in total. The Morgan fingerprint density at radius 1 is 1.22 bits per heavy atom. The highest BCUT2D eigenvalue weighted by atomic mass is 32.2. The van der Waals surface area contributed by atoms with E-state index in [4.69, 9.17) is 0 Å². The van der Waals surface area contributed by atoms with E-state index in [2.05, 4.69) is 24.3 Å². The van der Waals surface area contributed by atoms with Crippen molar-refractivity contribution in [1.82, 2.24) is 9.78 Å². The van der Waals surface area contributed by atoms with Crippen LogP contribution < -0.4 is 5.32 Å². The summed E-state index contributed by atoms with van der Waals surface area (Å²) >= 11 is 0. The molecule has 0 radical (unpaired) electrons. The molecule has 0 saturated carbocycles. The molecule has 0 unspecified atom stereocenters. The summed E-state index contributed by atoms with van der Waals surface area (Å²) in [4.78, 5) is 0.372. The number of rotatable bonds is 6. The van der Waals surface area contributed by atoms with Crippen LogP contribution in [0.15, 0.2) is 29.2 Å². The molecule has 0 aliphatic carbocycles. The van der Waals surface area contributed by atoms with Gasteiger partial charge >= 0.3 is 0 Å². The molecule has 2 aromatic rings. The number of benzene rings is 1. The smallest absolute Gasteiger partial charge is 0.178 e. The third-order valence-electron chi connectivity index (χ3n) is 4.18. The zero-order chi connectivity index (χ0) is 17.2. The molecule has 1 atom stereocenters. The fourth-order valence-electron chi connectivity index (χ4n) is 2.68. The quantitative estimate of drug-likeness (QED) is 0.881. The van der Waals surface area contributed by atoms with Gasteiger partial charge in [0.2, 0.25) is 0 Å². The molecule has 0 fully saturated rings. The van der Waals surface area contributed by atoms with Crippen LogP contribution in [-0.2, 0) is 23.3 Å². The van der Waals surface area contributed by atoms with Gasteiger partial charge in [-0.3, -0.25) is 4.68 Å². The van der Waals surface area contributed by atoms with Crippen molar-refractivity contribution in [2.75, 3.05) is 11.1 Å². The van der Waals surface area contributed by atoms with Crippen molar-refractivity contribution in [3.05, 3.63) is 41.2 Å². The maximum atomic E-state index is 11.8. The van der Waals surface area contributed by atoms with Crippen molar-refractivity contribution >= 4 is 15.5 Å². The van der Waals surface area contributed by atoms with Gasteiger partial charge < -0.3 is 5.32 Å². The summed E-state index contributed by atoms with van der Waals surface area (Å²) in [5.41, 5.74) is 4.42. The Hall–Kier alpha value is -1.82. The SMILES string of the molecule is CCS(=O)(=O)c1ccc(N[C@H](C)Cc2c(C)nn(C)c2C)cc1.